The number of anilines is 2. The first-order valence-corrected chi connectivity index (χ1v) is 5.60. The summed E-state index contributed by atoms with van der Waals surface area (Å²) in [5, 5.41) is 12.6. The predicted octanol–water partition coefficient (Wildman–Crippen LogP) is 1.09. The van der Waals surface area contributed by atoms with Crippen LogP contribution in [0, 0.1) is 11.3 Å². The molecular formula is C13H13N5O. The zero-order chi connectivity index (χ0) is 14.0. The van der Waals surface area contributed by atoms with Crippen molar-refractivity contribution in [1.82, 2.24) is 9.78 Å². The topological polar surface area (TPSA) is 87.9 Å². The molecule has 2 aromatic rings. The Morgan fingerprint density at radius 1 is 1.37 bits per heavy atom. The molecule has 6 heteroatoms. The highest BCUT2D eigenvalue weighted by Gasteiger charge is 2.15. The third kappa shape index (κ3) is 2.26. The van der Waals surface area contributed by atoms with Gasteiger partial charge in [-0.25, -0.2) is 0 Å². The Labute approximate surface area is 110 Å². The van der Waals surface area contributed by atoms with Crippen LogP contribution in [0.5, 0.6) is 0 Å². The van der Waals surface area contributed by atoms with E-state index < -0.39 is 0 Å². The Morgan fingerprint density at radius 3 is 2.47 bits per heavy atom. The number of benzene rings is 1. The summed E-state index contributed by atoms with van der Waals surface area (Å²) < 4.78 is 1.03. The van der Waals surface area contributed by atoms with Gasteiger partial charge in [-0.15, -0.1) is 0 Å². The minimum Gasteiger partial charge on any atom is -0.382 e. The number of nitriles is 1. The molecule has 0 spiro atoms. The van der Waals surface area contributed by atoms with Crippen molar-refractivity contribution in [3.63, 3.8) is 0 Å². The largest absolute Gasteiger partial charge is 0.382 e. The van der Waals surface area contributed by atoms with Gasteiger partial charge in [0.15, 0.2) is 0 Å². The van der Waals surface area contributed by atoms with Crippen molar-refractivity contribution in [2.24, 2.45) is 0 Å². The molecule has 96 valence electrons. The SMILES string of the molecule is CN(C)c1ccc(C(=O)n2ncc(C#N)c2N)cc1. The van der Waals surface area contributed by atoms with Crippen LogP contribution in [0.3, 0.4) is 0 Å². The van der Waals surface area contributed by atoms with Crippen molar-refractivity contribution in [2.45, 2.75) is 0 Å². The lowest BCUT2D eigenvalue weighted by molar-refractivity contribution is 0.0948. The highest BCUT2D eigenvalue weighted by atomic mass is 16.2. The molecule has 0 atom stereocenters. The first-order valence-electron chi connectivity index (χ1n) is 5.60. The fraction of sp³-hybridized carbons (Fsp3) is 0.154. The van der Waals surface area contributed by atoms with Gasteiger partial charge in [0.1, 0.15) is 17.5 Å². The number of rotatable bonds is 2. The maximum Gasteiger partial charge on any atom is 0.280 e. The molecule has 0 saturated heterocycles. The number of nitrogens with two attached hydrogens (primary N) is 1. The lowest BCUT2D eigenvalue weighted by Gasteiger charge is -2.12. The summed E-state index contributed by atoms with van der Waals surface area (Å²) in [4.78, 5) is 14.1. The van der Waals surface area contributed by atoms with E-state index in [1.807, 2.05) is 37.2 Å². The molecule has 1 heterocycles. The fourth-order valence-electron chi connectivity index (χ4n) is 1.63. The molecular weight excluding hydrogens is 242 g/mol. The monoisotopic (exact) mass is 255 g/mol. The molecule has 0 aliphatic heterocycles. The van der Waals surface area contributed by atoms with Gasteiger partial charge in [-0.2, -0.15) is 15.0 Å². The third-order valence-electron chi connectivity index (χ3n) is 2.75. The highest BCUT2D eigenvalue weighted by Crippen LogP contribution is 2.15. The summed E-state index contributed by atoms with van der Waals surface area (Å²) in [6.45, 7) is 0. The normalized spacial score (nSPS) is 9.95. The van der Waals surface area contributed by atoms with Crippen LogP contribution in [0.1, 0.15) is 15.9 Å². The Balaban J connectivity index is 2.34. The number of hydrogen-bond donors (Lipinski definition) is 1. The van der Waals surface area contributed by atoms with Crippen LogP contribution in [0.4, 0.5) is 11.5 Å². The second-order valence-corrected chi connectivity index (χ2v) is 4.21. The molecule has 0 aliphatic carbocycles. The second kappa shape index (κ2) is 4.82. The maximum atomic E-state index is 12.2. The molecule has 2 N–H and O–H groups in total. The molecule has 0 radical (unpaired) electrons. The molecule has 0 bridgehead atoms. The summed E-state index contributed by atoms with van der Waals surface area (Å²) >= 11 is 0. The quantitative estimate of drug-likeness (QED) is 0.867. The third-order valence-corrected chi connectivity index (χ3v) is 2.75. The summed E-state index contributed by atoms with van der Waals surface area (Å²) in [6, 6.07) is 8.94. The predicted molar refractivity (Wildman–Crippen MR) is 71.9 cm³/mol. The standard InChI is InChI=1S/C13H13N5O/c1-17(2)11-5-3-9(4-6-11)13(19)18-12(15)10(7-14)8-16-18/h3-6,8H,15H2,1-2H3. The lowest BCUT2D eigenvalue weighted by Crippen LogP contribution is -2.16. The van der Waals surface area contributed by atoms with E-state index in [2.05, 4.69) is 5.10 Å². The molecule has 0 amide bonds. The Bertz CT molecular complexity index is 649. The van der Waals surface area contributed by atoms with Gasteiger partial charge in [-0.3, -0.25) is 4.79 Å². The van der Waals surface area contributed by atoms with Crippen molar-refractivity contribution in [3.05, 3.63) is 41.6 Å². The van der Waals surface area contributed by atoms with Gasteiger partial charge in [0, 0.05) is 25.3 Å². The van der Waals surface area contributed by atoms with E-state index in [4.69, 9.17) is 11.0 Å². The van der Waals surface area contributed by atoms with Crippen LogP contribution in [0.2, 0.25) is 0 Å². The number of hydrogen-bond acceptors (Lipinski definition) is 5. The molecule has 0 fully saturated rings. The molecule has 2 rings (SSSR count). The highest BCUT2D eigenvalue weighted by molar-refractivity contribution is 5.97. The van der Waals surface area contributed by atoms with E-state index in [9.17, 15) is 4.79 Å². The van der Waals surface area contributed by atoms with E-state index in [0.29, 0.717) is 5.56 Å². The zero-order valence-electron chi connectivity index (χ0n) is 10.7. The van der Waals surface area contributed by atoms with Crippen molar-refractivity contribution < 1.29 is 4.79 Å². The van der Waals surface area contributed by atoms with Gasteiger partial charge in [-0.1, -0.05) is 0 Å². The van der Waals surface area contributed by atoms with E-state index in [1.54, 1.807) is 12.1 Å². The first-order chi connectivity index (χ1) is 9.04. The molecule has 0 aliphatic rings. The van der Waals surface area contributed by atoms with Crippen LogP contribution >= 0.6 is 0 Å². The lowest BCUT2D eigenvalue weighted by atomic mass is 10.2. The van der Waals surface area contributed by atoms with Crippen LogP contribution < -0.4 is 10.6 Å². The van der Waals surface area contributed by atoms with Crippen molar-refractivity contribution in [2.75, 3.05) is 24.7 Å². The van der Waals surface area contributed by atoms with Crippen LogP contribution in [-0.4, -0.2) is 29.8 Å². The van der Waals surface area contributed by atoms with E-state index >= 15 is 0 Å². The van der Waals surface area contributed by atoms with E-state index in [0.717, 1.165) is 10.4 Å². The molecule has 19 heavy (non-hydrogen) atoms. The van der Waals surface area contributed by atoms with Gasteiger partial charge in [-0.05, 0) is 24.3 Å². The summed E-state index contributed by atoms with van der Waals surface area (Å²) in [7, 11) is 3.84. The number of carbonyl (C=O) groups is 1. The minimum absolute atomic E-state index is 0.0594. The van der Waals surface area contributed by atoms with Crippen LogP contribution in [0.15, 0.2) is 30.5 Å². The Hall–Kier alpha value is -2.81. The Kier molecular flexibility index (Phi) is 3.21. The zero-order valence-corrected chi connectivity index (χ0v) is 10.7. The average Bonchev–Trinajstić information content (AvgIpc) is 2.79. The smallest absolute Gasteiger partial charge is 0.280 e. The average molecular weight is 255 g/mol. The van der Waals surface area contributed by atoms with Gasteiger partial charge in [0.25, 0.3) is 5.91 Å². The van der Waals surface area contributed by atoms with Crippen molar-refractivity contribution >= 4 is 17.4 Å². The molecule has 6 nitrogen and oxygen atoms in total. The maximum absolute atomic E-state index is 12.2. The van der Waals surface area contributed by atoms with Gasteiger partial charge >= 0.3 is 0 Å². The van der Waals surface area contributed by atoms with Gasteiger partial charge < -0.3 is 10.6 Å². The van der Waals surface area contributed by atoms with Gasteiger partial charge in [0.2, 0.25) is 0 Å². The number of aromatic nitrogens is 2. The fourth-order valence-corrected chi connectivity index (χ4v) is 1.63. The molecule has 1 aromatic carbocycles. The van der Waals surface area contributed by atoms with E-state index in [-0.39, 0.29) is 17.3 Å². The van der Waals surface area contributed by atoms with Gasteiger partial charge in [0.05, 0.1) is 6.20 Å². The van der Waals surface area contributed by atoms with E-state index in [1.165, 1.54) is 6.20 Å². The van der Waals surface area contributed by atoms with Crippen molar-refractivity contribution in [1.29, 1.82) is 5.26 Å². The number of nitrogen functional groups attached to an aromatic ring is 1. The summed E-state index contributed by atoms with van der Waals surface area (Å²) in [6.07, 6.45) is 1.28. The Morgan fingerprint density at radius 2 is 2.00 bits per heavy atom. The summed E-state index contributed by atoms with van der Waals surface area (Å²) in [5.74, 6) is -0.298. The minimum atomic E-state index is -0.357. The van der Waals surface area contributed by atoms with Crippen LogP contribution in [0.25, 0.3) is 0 Å². The molecule has 0 unspecified atom stereocenters. The second-order valence-electron chi connectivity index (χ2n) is 4.21. The first kappa shape index (κ1) is 12.6. The van der Waals surface area contributed by atoms with Crippen LogP contribution in [-0.2, 0) is 0 Å². The molecule has 1 aromatic heterocycles. The number of carbonyl (C=O) groups excluding carboxylic acids is 1. The summed E-state index contributed by atoms with van der Waals surface area (Å²) in [5.41, 5.74) is 7.32. The number of nitrogens with zero attached hydrogens (tertiary/aromatic N) is 4. The molecule has 0 saturated carbocycles. The van der Waals surface area contributed by atoms with Crippen molar-refractivity contribution in [3.8, 4) is 6.07 Å².